The number of rotatable bonds is 3. The Bertz CT molecular complexity index is 291. The van der Waals surface area contributed by atoms with E-state index < -0.39 is 5.79 Å². The molecule has 0 saturated carbocycles. The van der Waals surface area contributed by atoms with E-state index in [0.717, 1.165) is 12.2 Å². The first-order chi connectivity index (χ1) is 7.35. The van der Waals surface area contributed by atoms with Crippen molar-refractivity contribution in [1.82, 2.24) is 0 Å². The summed E-state index contributed by atoms with van der Waals surface area (Å²) in [6, 6.07) is 9.71. The summed E-state index contributed by atoms with van der Waals surface area (Å²) in [4.78, 5) is 0. The summed E-state index contributed by atoms with van der Waals surface area (Å²) < 4.78 is 16.9. The molecule has 82 valence electrons. The monoisotopic (exact) mass is 208 g/mol. The van der Waals surface area contributed by atoms with Gasteiger partial charge in [0.2, 0.25) is 5.79 Å². The van der Waals surface area contributed by atoms with Gasteiger partial charge >= 0.3 is 0 Å². The van der Waals surface area contributed by atoms with E-state index in [1.54, 1.807) is 0 Å². The van der Waals surface area contributed by atoms with Gasteiger partial charge in [0.15, 0.2) is 0 Å². The van der Waals surface area contributed by atoms with Gasteiger partial charge in [0, 0.05) is 6.42 Å². The second-order valence-corrected chi connectivity index (χ2v) is 3.58. The van der Waals surface area contributed by atoms with Crippen molar-refractivity contribution in [2.45, 2.75) is 19.1 Å². The van der Waals surface area contributed by atoms with Gasteiger partial charge in [0.25, 0.3) is 0 Å². The van der Waals surface area contributed by atoms with Gasteiger partial charge in [-0.15, -0.1) is 0 Å². The lowest BCUT2D eigenvalue weighted by Gasteiger charge is -2.36. The molecule has 1 saturated heterocycles. The van der Waals surface area contributed by atoms with Gasteiger partial charge in [-0.3, -0.25) is 0 Å². The highest BCUT2D eigenvalue weighted by molar-refractivity contribution is 5.21. The molecule has 2 rings (SSSR count). The molecule has 1 aromatic rings. The Morgan fingerprint density at radius 1 is 1.27 bits per heavy atom. The molecule has 0 N–H and O–H groups in total. The second-order valence-electron chi connectivity index (χ2n) is 3.58. The third kappa shape index (κ3) is 2.49. The maximum Gasteiger partial charge on any atom is 0.233 e. The minimum Gasteiger partial charge on any atom is -0.460 e. The zero-order valence-electron chi connectivity index (χ0n) is 8.94. The normalized spacial score (nSPS) is 26.2. The number of hydrogen-bond donors (Lipinski definition) is 0. The Kier molecular flexibility index (Phi) is 3.23. The first-order valence-corrected chi connectivity index (χ1v) is 5.30. The third-order valence-electron chi connectivity index (χ3n) is 2.50. The summed E-state index contributed by atoms with van der Waals surface area (Å²) in [5, 5.41) is 0. The van der Waals surface area contributed by atoms with Crippen LogP contribution in [0.25, 0.3) is 0 Å². The zero-order chi connectivity index (χ0) is 10.6. The SMILES string of the molecule is CCC1(Oc2ccccc2)COCCO1. The standard InChI is InChI=1S/C12H16O3/c1-2-12(10-13-8-9-14-12)15-11-6-4-3-5-7-11/h3-7H,2,8-10H2,1H3. The van der Waals surface area contributed by atoms with Gasteiger partial charge in [0.1, 0.15) is 12.4 Å². The van der Waals surface area contributed by atoms with E-state index in [1.807, 2.05) is 37.3 Å². The Labute approximate surface area is 90.0 Å². The molecule has 1 aliphatic rings. The van der Waals surface area contributed by atoms with Gasteiger partial charge in [-0.05, 0) is 12.1 Å². The van der Waals surface area contributed by atoms with Gasteiger partial charge < -0.3 is 14.2 Å². The van der Waals surface area contributed by atoms with Crippen molar-refractivity contribution in [2.24, 2.45) is 0 Å². The highest BCUT2D eigenvalue weighted by atomic mass is 16.7. The minimum atomic E-state index is -0.598. The van der Waals surface area contributed by atoms with Crippen molar-refractivity contribution in [3.05, 3.63) is 30.3 Å². The third-order valence-corrected chi connectivity index (χ3v) is 2.50. The van der Waals surface area contributed by atoms with Crippen molar-refractivity contribution in [1.29, 1.82) is 0 Å². The maximum absolute atomic E-state index is 5.84. The van der Waals surface area contributed by atoms with Crippen LogP contribution < -0.4 is 4.74 Å². The predicted molar refractivity (Wildman–Crippen MR) is 56.9 cm³/mol. The highest BCUT2D eigenvalue weighted by Crippen LogP contribution is 2.25. The van der Waals surface area contributed by atoms with Crippen LogP contribution in [0.4, 0.5) is 0 Å². The van der Waals surface area contributed by atoms with Crippen molar-refractivity contribution in [2.75, 3.05) is 19.8 Å². The van der Waals surface area contributed by atoms with E-state index in [2.05, 4.69) is 0 Å². The Morgan fingerprint density at radius 3 is 2.67 bits per heavy atom. The van der Waals surface area contributed by atoms with E-state index in [1.165, 1.54) is 0 Å². The molecule has 15 heavy (non-hydrogen) atoms. The van der Waals surface area contributed by atoms with Crippen LogP contribution in [0.3, 0.4) is 0 Å². The molecular formula is C12H16O3. The summed E-state index contributed by atoms with van der Waals surface area (Å²) in [5.74, 6) is 0.226. The van der Waals surface area contributed by atoms with Crippen molar-refractivity contribution in [3.8, 4) is 5.75 Å². The summed E-state index contributed by atoms with van der Waals surface area (Å²) in [5.41, 5.74) is 0. The summed E-state index contributed by atoms with van der Waals surface area (Å²) in [6.45, 7) is 3.79. The van der Waals surface area contributed by atoms with Crippen molar-refractivity contribution in [3.63, 3.8) is 0 Å². The second kappa shape index (κ2) is 4.64. The lowest BCUT2D eigenvalue weighted by Crippen LogP contribution is -2.47. The Balaban J connectivity index is 2.07. The Hall–Kier alpha value is -1.06. The molecule has 1 atom stereocenters. The van der Waals surface area contributed by atoms with Crippen LogP contribution in [0.15, 0.2) is 30.3 Å². The molecule has 0 aromatic heterocycles. The van der Waals surface area contributed by atoms with Gasteiger partial charge in [0.05, 0.1) is 13.2 Å². The van der Waals surface area contributed by atoms with Crippen LogP contribution in [0.2, 0.25) is 0 Å². The van der Waals surface area contributed by atoms with Gasteiger partial charge in [-0.2, -0.15) is 0 Å². The largest absolute Gasteiger partial charge is 0.460 e. The average molecular weight is 208 g/mol. The molecular weight excluding hydrogens is 192 g/mol. The molecule has 0 amide bonds. The summed E-state index contributed by atoms with van der Waals surface area (Å²) in [6.07, 6.45) is 0.780. The average Bonchev–Trinajstić information content (AvgIpc) is 2.32. The van der Waals surface area contributed by atoms with Gasteiger partial charge in [-0.25, -0.2) is 0 Å². The number of ether oxygens (including phenoxy) is 3. The molecule has 1 fully saturated rings. The fourth-order valence-electron chi connectivity index (χ4n) is 1.59. The van der Waals surface area contributed by atoms with E-state index in [-0.39, 0.29) is 0 Å². The van der Waals surface area contributed by atoms with E-state index in [4.69, 9.17) is 14.2 Å². The summed E-state index contributed by atoms with van der Waals surface area (Å²) >= 11 is 0. The molecule has 0 radical (unpaired) electrons. The number of para-hydroxylation sites is 1. The molecule has 0 aliphatic carbocycles. The Morgan fingerprint density at radius 2 is 2.07 bits per heavy atom. The first-order valence-electron chi connectivity index (χ1n) is 5.30. The van der Waals surface area contributed by atoms with Crippen LogP contribution >= 0.6 is 0 Å². The lowest BCUT2D eigenvalue weighted by atomic mass is 10.2. The maximum atomic E-state index is 5.84. The highest BCUT2D eigenvalue weighted by Gasteiger charge is 2.34. The molecule has 1 unspecified atom stereocenters. The number of hydrogen-bond acceptors (Lipinski definition) is 3. The number of benzene rings is 1. The molecule has 3 nitrogen and oxygen atoms in total. The summed E-state index contributed by atoms with van der Waals surface area (Å²) in [7, 11) is 0. The fraction of sp³-hybridized carbons (Fsp3) is 0.500. The smallest absolute Gasteiger partial charge is 0.233 e. The van der Waals surface area contributed by atoms with E-state index in [9.17, 15) is 0 Å². The van der Waals surface area contributed by atoms with Crippen LogP contribution in [0.1, 0.15) is 13.3 Å². The molecule has 1 heterocycles. The molecule has 3 heteroatoms. The molecule has 1 aliphatic heterocycles. The van der Waals surface area contributed by atoms with Crippen LogP contribution in [0, 0.1) is 0 Å². The van der Waals surface area contributed by atoms with Crippen LogP contribution in [-0.4, -0.2) is 25.6 Å². The van der Waals surface area contributed by atoms with Crippen molar-refractivity contribution >= 4 is 0 Å². The zero-order valence-corrected chi connectivity index (χ0v) is 8.94. The fourth-order valence-corrected chi connectivity index (χ4v) is 1.59. The minimum absolute atomic E-state index is 0.498. The van der Waals surface area contributed by atoms with E-state index >= 15 is 0 Å². The lowest BCUT2D eigenvalue weighted by molar-refractivity contribution is -0.254. The molecule has 1 aromatic carbocycles. The topological polar surface area (TPSA) is 27.7 Å². The first kappa shape index (κ1) is 10.5. The van der Waals surface area contributed by atoms with Gasteiger partial charge in [-0.1, -0.05) is 25.1 Å². The van der Waals surface area contributed by atoms with Crippen molar-refractivity contribution < 1.29 is 14.2 Å². The van der Waals surface area contributed by atoms with Crippen LogP contribution in [0.5, 0.6) is 5.75 Å². The molecule has 0 spiro atoms. The van der Waals surface area contributed by atoms with E-state index in [0.29, 0.717) is 19.8 Å². The predicted octanol–water partition coefficient (Wildman–Crippen LogP) is 2.22. The quantitative estimate of drug-likeness (QED) is 0.762. The van der Waals surface area contributed by atoms with Crippen LogP contribution in [-0.2, 0) is 9.47 Å². The molecule has 0 bridgehead atoms.